The summed E-state index contributed by atoms with van der Waals surface area (Å²) < 4.78 is 44.1. The number of rotatable bonds is 5. The second kappa shape index (κ2) is 5.74. The Kier molecular flexibility index (Phi) is 4.59. The highest BCUT2D eigenvalue weighted by atomic mass is 19.4. The van der Waals surface area contributed by atoms with Gasteiger partial charge in [0.05, 0.1) is 6.61 Å². The zero-order valence-corrected chi connectivity index (χ0v) is 8.65. The first-order chi connectivity index (χ1) is 7.90. The maximum atomic E-state index is 11.8. The van der Waals surface area contributed by atoms with E-state index in [0.29, 0.717) is 0 Å². The van der Waals surface area contributed by atoms with E-state index in [1.807, 2.05) is 0 Å². The average Bonchev–Trinajstić information content (AvgIpc) is 2.25. The van der Waals surface area contributed by atoms with Gasteiger partial charge in [-0.1, -0.05) is 0 Å². The van der Waals surface area contributed by atoms with Crippen LogP contribution in [0.2, 0.25) is 0 Å². The van der Waals surface area contributed by atoms with Gasteiger partial charge in [0.15, 0.2) is 0 Å². The molecule has 17 heavy (non-hydrogen) atoms. The minimum atomic E-state index is -4.73. The van der Waals surface area contributed by atoms with Crippen molar-refractivity contribution >= 4 is 0 Å². The minimum Gasteiger partial charge on any atom is -0.491 e. The normalized spacial score (nSPS) is 13.2. The first kappa shape index (κ1) is 13.6. The molecule has 0 fully saturated rings. The Balaban J connectivity index is 2.50. The van der Waals surface area contributed by atoms with Gasteiger partial charge in [0.2, 0.25) is 0 Å². The highest BCUT2D eigenvalue weighted by Crippen LogP contribution is 2.24. The van der Waals surface area contributed by atoms with E-state index in [1.165, 1.54) is 12.1 Å². The van der Waals surface area contributed by atoms with Crippen LogP contribution in [0.5, 0.6) is 11.5 Å². The van der Waals surface area contributed by atoms with E-state index in [1.54, 1.807) is 0 Å². The van der Waals surface area contributed by atoms with Gasteiger partial charge in [-0.3, -0.25) is 0 Å². The van der Waals surface area contributed by atoms with E-state index < -0.39 is 19.1 Å². The molecule has 0 aliphatic heterocycles. The molecule has 1 aromatic rings. The second-order valence-electron chi connectivity index (χ2n) is 3.17. The number of aliphatic hydroxyl groups excluding tert-OH is 2. The van der Waals surface area contributed by atoms with Crippen molar-refractivity contribution in [3.8, 4) is 11.5 Å². The number of ether oxygens (including phenoxy) is 2. The Morgan fingerprint density at radius 3 is 2.12 bits per heavy atom. The summed E-state index contributed by atoms with van der Waals surface area (Å²) in [6.07, 6.45) is -5.75. The Hall–Kier alpha value is -1.47. The fourth-order valence-electron chi connectivity index (χ4n) is 0.983. The first-order valence-corrected chi connectivity index (χ1v) is 4.68. The van der Waals surface area contributed by atoms with Gasteiger partial charge in [0.1, 0.15) is 24.2 Å². The summed E-state index contributed by atoms with van der Waals surface area (Å²) in [5.74, 6) is -0.0837. The van der Waals surface area contributed by atoms with Crippen molar-refractivity contribution in [2.45, 2.75) is 12.5 Å². The lowest BCUT2D eigenvalue weighted by molar-refractivity contribution is -0.274. The largest absolute Gasteiger partial charge is 0.573 e. The standard InChI is InChI=1S/C10H11F3O4/c11-10(12,13)17-9-3-1-8(2-4-9)16-6-7(15)5-14/h1-4,7,14-15H,5-6H2. The molecule has 0 aliphatic carbocycles. The van der Waals surface area contributed by atoms with Crippen LogP contribution >= 0.6 is 0 Å². The maximum Gasteiger partial charge on any atom is 0.573 e. The molecule has 0 saturated heterocycles. The maximum absolute atomic E-state index is 11.8. The van der Waals surface area contributed by atoms with Crippen molar-refractivity contribution in [1.29, 1.82) is 0 Å². The van der Waals surface area contributed by atoms with Crippen molar-refractivity contribution in [3.63, 3.8) is 0 Å². The third kappa shape index (κ3) is 5.41. The molecule has 1 atom stereocenters. The molecule has 0 amide bonds. The van der Waals surface area contributed by atoms with Gasteiger partial charge in [-0.05, 0) is 24.3 Å². The van der Waals surface area contributed by atoms with E-state index in [4.69, 9.17) is 14.9 Å². The van der Waals surface area contributed by atoms with Crippen molar-refractivity contribution in [1.82, 2.24) is 0 Å². The van der Waals surface area contributed by atoms with Crippen LogP contribution in [-0.4, -0.2) is 35.9 Å². The van der Waals surface area contributed by atoms with Crippen LogP contribution in [0.15, 0.2) is 24.3 Å². The molecule has 0 aliphatic rings. The lowest BCUT2D eigenvalue weighted by atomic mass is 10.3. The molecular formula is C10H11F3O4. The number of hydrogen-bond donors (Lipinski definition) is 2. The summed E-state index contributed by atoms with van der Waals surface area (Å²) in [4.78, 5) is 0. The van der Waals surface area contributed by atoms with E-state index in [2.05, 4.69) is 4.74 Å². The molecule has 0 radical (unpaired) electrons. The van der Waals surface area contributed by atoms with Crippen molar-refractivity contribution in [2.24, 2.45) is 0 Å². The molecular weight excluding hydrogens is 241 g/mol. The predicted molar refractivity (Wildman–Crippen MR) is 51.7 cm³/mol. The van der Waals surface area contributed by atoms with Gasteiger partial charge in [-0.25, -0.2) is 0 Å². The summed E-state index contributed by atoms with van der Waals surface area (Å²) in [6, 6.07) is 4.72. The number of benzene rings is 1. The summed E-state index contributed by atoms with van der Waals surface area (Å²) in [7, 11) is 0. The molecule has 1 aromatic carbocycles. The number of halogens is 3. The number of hydrogen-bond acceptors (Lipinski definition) is 4. The molecule has 2 N–H and O–H groups in total. The molecule has 4 nitrogen and oxygen atoms in total. The Morgan fingerprint density at radius 2 is 1.65 bits per heavy atom. The molecule has 0 aromatic heterocycles. The van der Waals surface area contributed by atoms with Crippen LogP contribution in [0.1, 0.15) is 0 Å². The third-order valence-electron chi connectivity index (χ3n) is 1.71. The fourth-order valence-corrected chi connectivity index (χ4v) is 0.983. The van der Waals surface area contributed by atoms with E-state index in [-0.39, 0.29) is 18.1 Å². The number of aliphatic hydroxyl groups is 2. The highest BCUT2D eigenvalue weighted by Gasteiger charge is 2.30. The van der Waals surface area contributed by atoms with Gasteiger partial charge in [0, 0.05) is 0 Å². The van der Waals surface area contributed by atoms with E-state index in [9.17, 15) is 13.2 Å². The smallest absolute Gasteiger partial charge is 0.491 e. The third-order valence-corrected chi connectivity index (χ3v) is 1.71. The molecule has 0 heterocycles. The molecule has 0 bridgehead atoms. The van der Waals surface area contributed by atoms with Crippen molar-refractivity contribution in [3.05, 3.63) is 24.3 Å². The van der Waals surface area contributed by atoms with Crippen molar-refractivity contribution < 1.29 is 32.9 Å². The van der Waals surface area contributed by atoms with Gasteiger partial charge in [0.25, 0.3) is 0 Å². The summed E-state index contributed by atoms with van der Waals surface area (Å²) in [5.41, 5.74) is 0. The Morgan fingerprint density at radius 1 is 1.12 bits per heavy atom. The van der Waals surface area contributed by atoms with Crippen LogP contribution in [-0.2, 0) is 0 Å². The minimum absolute atomic E-state index is 0.143. The molecule has 96 valence electrons. The average molecular weight is 252 g/mol. The summed E-state index contributed by atoms with van der Waals surface area (Å²) in [5, 5.41) is 17.5. The molecule has 0 spiro atoms. The summed E-state index contributed by atoms with van der Waals surface area (Å²) in [6.45, 7) is -0.592. The van der Waals surface area contributed by atoms with Gasteiger partial charge in [-0.2, -0.15) is 0 Å². The lowest BCUT2D eigenvalue weighted by Crippen LogP contribution is -2.21. The second-order valence-corrected chi connectivity index (χ2v) is 3.17. The van der Waals surface area contributed by atoms with Gasteiger partial charge >= 0.3 is 6.36 Å². The summed E-state index contributed by atoms with van der Waals surface area (Å²) >= 11 is 0. The molecule has 7 heteroatoms. The molecule has 1 unspecified atom stereocenters. The number of alkyl halides is 3. The van der Waals surface area contributed by atoms with E-state index >= 15 is 0 Å². The first-order valence-electron chi connectivity index (χ1n) is 4.68. The van der Waals surface area contributed by atoms with Gasteiger partial charge < -0.3 is 19.7 Å². The van der Waals surface area contributed by atoms with Crippen LogP contribution in [0.4, 0.5) is 13.2 Å². The van der Waals surface area contributed by atoms with Crippen LogP contribution < -0.4 is 9.47 Å². The fraction of sp³-hybridized carbons (Fsp3) is 0.400. The van der Waals surface area contributed by atoms with Crippen LogP contribution in [0.25, 0.3) is 0 Å². The zero-order valence-electron chi connectivity index (χ0n) is 8.65. The highest BCUT2D eigenvalue weighted by molar-refractivity contribution is 5.31. The lowest BCUT2D eigenvalue weighted by Gasteiger charge is -2.11. The Bertz CT molecular complexity index is 336. The Labute approximate surface area is 95.2 Å². The van der Waals surface area contributed by atoms with Gasteiger partial charge in [-0.15, -0.1) is 13.2 Å². The van der Waals surface area contributed by atoms with E-state index in [0.717, 1.165) is 12.1 Å². The quantitative estimate of drug-likeness (QED) is 0.829. The monoisotopic (exact) mass is 252 g/mol. The van der Waals surface area contributed by atoms with Crippen LogP contribution in [0.3, 0.4) is 0 Å². The van der Waals surface area contributed by atoms with Crippen LogP contribution in [0, 0.1) is 0 Å². The molecule has 0 saturated carbocycles. The SMILES string of the molecule is OCC(O)COc1ccc(OC(F)(F)F)cc1. The molecule has 1 rings (SSSR count). The topological polar surface area (TPSA) is 58.9 Å². The predicted octanol–water partition coefficient (Wildman–Crippen LogP) is 1.32. The van der Waals surface area contributed by atoms with Crippen molar-refractivity contribution in [2.75, 3.05) is 13.2 Å². The zero-order chi connectivity index (χ0) is 12.9.